The molecule has 0 aliphatic carbocycles. The molecule has 1 amide bonds. The van der Waals surface area contributed by atoms with Crippen LogP contribution in [0.3, 0.4) is 0 Å². The first-order valence-electron chi connectivity index (χ1n) is 5.54. The number of nitrogens with two attached hydrogens (primary N) is 1. The number of carbonyl (C=O) groups is 1. The van der Waals surface area contributed by atoms with Crippen molar-refractivity contribution in [2.75, 3.05) is 5.32 Å². The molecule has 4 heteroatoms. The fourth-order valence-electron chi connectivity index (χ4n) is 1.71. The lowest BCUT2D eigenvalue weighted by molar-refractivity contribution is 0.0999. The predicted octanol–water partition coefficient (Wildman–Crippen LogP) is 3.05. The van der Waals surface area contributed by atoms with E-state index in [4.69, 9.17) is 17.3 Å². The third-order valence-corrected chi connectivity index (χ3v) is 2.83. The maximum Gasteiger partial charge on any atom is 0.249 e. The first-order chi connectivity index (χ1) is 8.66. The van der Waals surface area contributed by atoms with E-state index in [0.717, 1.165) is 11.3 Å². The molecule has 0 aromatic heterocycles. The van der Waals surface area contributed by atoms with Crippen molar-refractivity contribution in [3.63, 3.8) is 0 Å². The molecule has 0 atom stereocenters. The van der Waals surface area contributed by atoms with E-state index < -0.39 is 5.91 Å². The van der Waals surface area contributed by atoms with E-state index in [0.29, 0.717) is 17.1 Å². The SMILES string of the molecule is NC(=O)c1ccccc1CNc1cccc(Cl)c1. The maximum atomic E-state index is 11.3. The number of carbonyl (C=O) groups excluding carboxylic acids is 1. The Morgan fingerprint density at radius 2 is 1.94 bits per heavy atom. The Kier molecular flexibility index (Phi) is 3.85. The number of halogens is 1. The zero-order valence-corrected chi connectivity index (χ0v) is 10.4. The van der Waals surface area contributed by atoms with Gasteiger partial charge in [-0.25, -0.2) is 0 Å². The fraction of sp³-hybridized carbons (Fsp3) is 0.0714. The molecule has 0 aliphatic rings. The molecule has 0 aliphatic heterocycles. The minimum Gasteiger partial charge on any atom is -0.381 e. The van der Waals surface area contributed by atoms with Crippen LogP contribution in [0.15, 0.2) is 48.5 Å². The summed E-state index contributed by atoms with van der Waals surface area (Å²) in [4.78, 5) is 11.3. The van der Waals surface area contributed by atoms with Crippen LogP contribution >= 0.6 is 11.6 Å². The lowest BCUT2D eigenvalue weighted by atomic mass is 10.1. The van der Waals surface area contributed by atoms with E-state index in [1.165, 1.54) is 0 Å². The number of amides is 1. The molecule has 0 heterocycles. The van der Waals surface area contributed by atoms with Crippen LogP contribution < -0.4 is 11.1 Å². The molecule has 2 rings (SSSR count). The van der Waals surface area contributed by atoms with Gasteiger partial charge in [-0.1, -0.05) is 35.9 Å². The first kappa shape index (κ1) is 12.5. The molecular weight excluding hydrogens is 248 g/mol. The quantitative estimate of drug-likeness (QED) is 0.888. The van der Waals surface area contributed by atoms with Gasteiger partial charge in [0.15, 0.2) is 0 Å². The Hall–Kier alpha value is -2.00. The molecule has 2 aromatic carbocycles. The van der Waals surface area contributed by atoms with Crippen molar-refractivity contribution in [1.29, 1.82) is 0 Å². The molecule has 3 N–H and O–H groups in total. The highest BCUT2D eigenvalue weighted by atomic mass is 35.5. The standard InChI is InChI=1S/C14H13ClN2O/c15-11-5-3-6-12(8-11)17-9-10-4-1-2-7-13(10)14(16)18/h1-8,17H,9H2,(H2,16,18). The Morgan fingerprint density at radius 3 is 2.67 bits per heavy atom. The summed E-state index contributed by atoms with van der Waals surface area (Å²) < 4.78 is 0. The van der Waals surface area contributed by atoms with Gasteiger partial charge in [0.05, 0.1) is 0 Å². The first-order valence-corrected chi connectivity index (χ1v) is 5.92. The predicted molar refractivity (Wildman–Crippen MR) is 73.7 cm³/mol. The Morgan fingerprint density at radius 1 is 1.17 bits per heavy atom. The van der Waals surface area contributed by atoms with Crippen molar-refractivity contribution in [1.82, 2.24) is 0 Å². The van der Waals surface area contributed by atoms with Crippen LogP contribution in [0.25, 0.3) is 0 Å². The Balaban J connectivity index is 2.13. The molecule has 18 heavy (non-hydrogen) atoms. The number of primary amides is 1. The third-order valence-electron chi connectivity index (χ3n) is 2.59. The molecule has 0 fully saturated rings. The lowest BCUT2D eigenvalue weighted by Gasteiger charge is -2.09. The monoisotopic (exact) mass is 260 g/mol. The normalized spacial score (nSPS) is 10.1. The molecule has 0 unspecified atom stereocenters. The second-order valence-electron chi connectivity index (χ2n) is 3.89. The summed E-state index contributed by atoms with van der Waals surface area (Å²) in [6.45, 7) is 0.527. The molecule has 0 saturated carbocycles. The van der Waals surface area contributed by atoms with E-state index in [1.54, 1.807) is 12.1 Å². The number of hydrogen-bond acceptors (Lipinski definition) is 2. The van der Waals surface area contributed by atoms with Crippen LogP contribution in [0.5, 0.6) is 0 Å². The van der Waals surface area contributed by atoms with E-state index in [1.807, 2.05) is 36.4 Å². The second kappa shape index (κ2) is 5.56. The van der Waals surface area contributed by atoms with E-state index >= 15 is 0 Å². The number of hydrogen-bond donors (Lipinski definition) is 2. The number of nitrogens with one attached hydrogen (secondary N) is 1. The highest BCUT2D eigenvalue weighted by Crippen LogP contribution is 2.16. The zero-order chi connectivity index (χ0) is 13.0. The van der Waals surface area contributed by atoms with Crippen LogP contribution in [-0.4, -0.2) is 5.91 Å². The van der Waals surface area contributed by atoms with Crippen LogP contribution in [0.1, 0.15) is 15.9 Å². The topological polar surface area (TPSA) is 55.1 Å². The maximum absolute atomic E-state index is 11.3. The van der Waals surface area contributed by atoms with Crippen molar-refractivity contribution in [2.45, 2.75) is 6.54 Å². The Labute approximate surface area is 111 Å². The summed E-state index contributed by atoms with van der Waals surface area (Å²) >= 11 is 5.89. The van der Waals surface area contributed by atoms with Gasteiger partial charge in [-0.15, -0.1) is 0 Å². The van der Waals surface area contributed by atoms with Gasteiger partial charge in [0.1, 0.15) is 0 Å². The average Bonchev–Trinajstić information content (AvgIpc) is 2.37. The molecule has 0 bridgehead atoms. The van der Waals surface area contributed by atoms with Crippen molar-refractivity contribution in [3.05, 3.63) is 64.7 Å². The highest BCUT2D eigenvalue weighted by molar-refractivity contribution is 6.30. The molecular formula is C14H13ClN2O. The second-order valence-corrected chi connectivity index (χ2v) is 4.32. The van der Waals surface area contributed by atoms with Gasteiger partial charge in [0, 0.05) is 22.8 Å². The van der Waals surface area contributed by atoms with Gasteiger partial charge in [-0.2, -0.15) is 0 Å². The Bertz CT molecular complexity index is 569. The van der Waals surface area contributed by atoms with Gasteiger partial charge < -0.3 is 11.1 Å². The number of anilines is 1. The highest BCUT2D eigenvalue weighted by Gasteiger charge is 2.06. The van der Waals surface area contributed by atoms with Crippen molar-refractivity contribution in [2.24, 2.45) is 5.73 Å². The molecule has 0 radical (unpaired) electrons. The molecule has 3 nitrogen and oxygen atoms in total. The summed E-state index contributed by atoms with van der Waals surface area (Å²) in [6, 6.07) is 14.7. The molecule has 0 spiro atoms. The van der Waals surface area contributed by atoms with Crippen LogP contribution in [0, 0.1) is 0 Å². The molecule has 2 aromatic rings. The lowest BCUT2D eigenvalue weighted by Crippen LogP contribution is -2.15. The van der Waals surface area contributed by atoms with Crippen molar-refractivity contribution < 1.29 is 4.79 Å². The fourth-order valence-corrected chi connectivity index (χ4v) is 1.90. The summed E-state index contributed by atoms with van der Waals surface area (Å²) in [5.74, 6) is -0.418. The van der Waals surface area contributed by atoms with Gasteiger partial charge >= 0.3 is 0 Å². The number of rotatable bonds is 4. The molecule has 0 saturated heterocycles. The van der Waals surface area contributed by atoms with Gasteiger partial charge in [-0.3, -0.25) is 4.79 Å². The van der Waals surface area contributed by atoms with E-state index in [-0.39, 0.29) is 0 Å². The third kappa shape index (κ3) is 3.02. The van der Waals surface area contributed by atoms with Crippen LogP contribution in [0.4, 0.5) is 5.69 Å². The van der Waals surface area contributed by atoms with Crippen molar-refractivity contribution in [3.8, 4) is 0 Å². The summed E-state index contributed by atoms with van der Waals surface area (Å²) in [5, 5.41) is 3.87. The van der Waals surface area contributed by atoms with E-state index in [2.05, 4.69) is 5.32 Å². The van der Waals surface area contributed by atoms with Gasteiger partial charge in [0.2, 0.25) is 5.91 Å². The van der Waals surface area contributed by atoms with Gasteiger partial charge in [-0.05, 0) is 29.8 Å². The van der Waals surface area contributed by atoms with Crippen molar-refractivity contribution >= 4 is 23.2 Å². The van der Waals surface area contributed by atoms with Gasteiger partial charge in [0.25, 0.3) is 0 Å². The van der Waals surface area contributed by atoms with Crippen LogP contribution in [-0.2, 0) is 6.54 Å². The number of benzene rings is 2. The zero-order valence-electron chi connectivity index (χ0n) is 9.69. The van der Waals surface area contributed by atoms with E-state index in [9.17, 15) is 4.79 Å². The summed E-state index contributed by atoms with van der Waals surface area (Å²) in [7, 11) is 0. The largest absolute Gasteiger partial charge is 0.381 e. The molecule has 92 valence electrons. The summed E-state index contributed by atoms with van der Waals surface area (Å²) in [5.41, 5.74) is 7.62. The van der Waals surface area contributed by atoms with Crippen LogP contribution in [0.2, 0.25) is 5.02 Å². The minimum atomic E-state index is -0.418. The smallest absolute Gasteiger partial charge is 0.249 e. The average molecular weight is 261 g/mol. The minimum absolute atomic E-state index is 0.418. The summed E-state index contributed by atoms with van der Waals surface area (Å²) in [6.07, 6.45) is 0.